The summed E-state index contributed by atoms with van der Waals surface area (Å²) in [5, 5.41) is 6.65. The van der Waals surface area contributed by atoms with E-state index in [0.29, 0.717) is 11.1 Å². The lowest BCUT2D eigenvalue weighted by atomic mass is 9.99. The highest BCUT2D eigenvalue weighted by molar-refractivity contribution is 5.89. The van der Waals surface area contributed by atoms with Crippen LogP contribution in [0.1, 0.15) is 54.9 Å². The van der Waals surface area contributed by atoms with Gasteiger partial charge in [-0.3, -0.25) is 9.59 Å². The monoisotopic (exact) mass is 499 g/mol. The van der Waals surface area contributed by atoms with Crippen molar-refractivity contribution in [3.63, 3.8) is 0 Å². The molecule has 1 aromatic carbocycles. The molecule has 3 atom stereocenters. The van der Waals surface area contributed by atoms with Gasteiger partial charge in [-0.15, -0.1) is 5.10 Å². The summed E-state index contributed by atoms with van der Waals surface area (Å²) in [6.45, 7) is 3.43. The Kier molecular flexibility index (Phi) is 7.27. The minimum atomic E-state index is -1.41. The first-order valence-corrected chi connectivity index (χ1v) is 11.6. The Balaban J connectivity index is 1.58. The summed E-state index contributed by atoms with van der Waals surface area (Å²) in [6.07, 6.45) is -1.99. The highest BCUT2D eigenvalue weighted by atomic mass is 19.1. The SMILES string of the molecule is CC(C)c1ccc(C(NC(=O)C2CC(F)CN2C(=O)Cc2nn(C)c(=O)o2)c2ccccc2)nc1F. The van der Waals surface area contributed by atoms with Crippen molar-refractivity contribution in [1.29, 1.82) is 0 Å². The van der Waals surface area contributed by atoms with Crippen LogP contribution in [0, 0.1) is 5.95 Å². The van der Waals surface area contributed by atoms with Gasteiger partial charge in [0.1, 0.15) is 18.6 Å². The van der Waals surface area contributed by atoms with Crippen LogP contribution in [0.2, 0.25) is 0 Å². The minimum Gasteiger partial charge on any atom is -0.392 e. The Labute approximate surface area is 206 Å². The summed E-state index contributed by atoms with van der Waals surface area (Å²) < 4.78 is 34.9. The van der Waals surface area contributed by atoms with Gasteiger partial charge in [-0.2, -0.15) is 9.07 Å². The number of pyridine rings is 1. The van der Waals surface area contributed by atoms with Crippen molar-refractivity contribution in [2.45, 2.75) is 50.9 Å². The van der Waals surface area contributed by atoms with Crippen LogP contribution in [0.15, 0.2) is 51.7 Å². The number of aromatic nitrogens is 3. The Morgan fingerprint density at radius 2 is 1.92 bits per heavy atom. The number of amides is 2. The molecule has 1 aliphatic rings. The van der Waals surface area contributed by atoms with E-state index in [1.54, 1.807) is 42.5 Å². The fraction of sp³-hybridized carbons (Fsp3) is 0.400. The second-order valence-electron chi connectivity index (χ2n) is 9.08. The molecule has 1 N–H and O–H groups in total. The van der Waals surface area contributed by atoms with Gasteiger partial charge in [0.05, 0.1) is 18.3 Å². The molecule has 0 saturated carbocycles. The number of alkyl halides is 1. The molecule has 11 heteroatoms. The average molecular weight is 500 g/mol. The number of benzene rings is 1. The molecule has 0 bridgehead atoms. The van der Waals surface area contributed by atoms with Crippen LogP contribution < -0.4 is 11.1 Å². The number of halogens is 2. The van der Waals surface area contributed by atoms with Gasteiger partial charge in [0.25, 0.3) is 0 Å². The van der Waals surface area contributed by atoms with Gasteiger partial charge in [0.15, 0.2) is 0 Å². The fourth-order valence-electron chi connectivity index (χ4n) is 4.27. The van der Waals surface area contributed by atoms with Crippen LogP contribution >= 0.6 is 0 Å². The fourth-order valence-corrected chi connectivity index (χ4v) is 4.27. The number of hydrogen-bond donors (Lipinski definition) is 1. The van der Waals surface area contributed by atoms with Gasteiger partial charge in [-0.25, -0.2) is 14.2 Å². The number of likely N-dealkylation sites (tertiary alicyclic amines) is 1. The molecule has 9 nitrogen and oxygen atoms in total. The number of nitrogens with zero attached hydrogens (tertiary/aromatic N) is 4. The van der Waals surface area contributed by atoms with E-state index in [2.05, 4.69) is 15.4 Å². The molecule has 190 valence electrons. The number of carbonyl (C=O) groups is 2. The summed E-state index contributed by atoms with van der Waals surface area (Å²) in [7, 11) is 1.37. The number of hydrogen-bond acceptors (Lipinski definition) is 6. The van der Waals surface area contributed by atoms with Gasteiger partial charge >= 0.3 is 5.76 Å². The van der Waals surface area contributed by atoms with E-state index in [9.17, 15) is 23.2 Å². The van der Waals surface area contributed by atoms with Crippen LogP contribution in [-0.2, 0) is 23.1 Å². The molecule has 4 rings (SSSR count). The number of carbonyl (C=O) groups excluding carboxylic acids is 2. The van der Waals surface area contributed by atoms with Gasteiger partial charge in [-0.05, 0) is 17.5 Å². The van der Waals surface area contributed by atoms with E-state index in [-0.39, 0.29) is 30.5 Å². The van der Waals surface area contributed by atoms with Gasteiger partial charge < -0.3 is 14.6 Å². The lowest BCUT2D eigenvalue weighted by Gasteiger charge is -2.26. The zero-order valence-electron chi connectivity index (χ0n) is 20.1. The first-order valence-electron chi connectivity index (χ1n) is 11.6. The maximum absolute atomic E-state index is 14.7. The lowest BCUT2D eigenvalue weighted by Crippen LogP contribution is -2.47. The molecule has 3 aromatic rings. The first-order chi connectivity index (χ1) is 17.1. The van der Waals surface area contributed by atoms with E-state index < -0.39 is 48.2 Å². The Morgan fingerprint density at radius 1 is 1.19 bits per heavy atom. The van der Waals surface area contributed by atoms with E-state index >= 15 is 0 Å². The van der Waals surface area contributed by atoms with E-state index in [1.807, 2.05) is 13.8 Å². The molecule has 1 aliphatic heterocycles. The van der Waals surface area contributed by atoms with Gasteiger partial charge in [0, 0.05) is 19.0 Å². The average Bonchev–Trinajstić information content (AvgIpc) is 3.38. The van der Waals surface area contributed by atoms with E-state index in [1.165, 1.54) is 7.05 Å². The molecule has 2 amide bonds. The summed E-state index contributed by atoms with van der Waals surface area (Å²) in [6, 6.07) is 10.2. The van der Waals surface area contributed by atoms with Crippen LogP contribution in [0.25, 0.3) is 0 Å². The second kappa shape index (κ2) is 10.4. The van der Waals surface area contributed by atoms with Crippen molar-refractivity contribution >= 4 is 11.8 Å². The molecule has 0 spiro atoms. The minimum absolute atomic E-state index is 0.0700. The predicted molar refractivity (Wildman–Crippen MR) is 125 cm³/mol. The second-order valence-corrected chi connectivity index (χ2v) is 9.08. The third-order valence-electron chi connectivity index (χ3n) is 6.14. The first kappa shape index (κ1) is 25.2. The molecule has 1 saturated heterocycles. The third kappa shape index (κ3) is 5.34. The van der Waals surface area contributed by atoms with Crippen molar-refractivity contribution < 1.29 is 22.8 Å². The smallest absolute Gasteiger partial charge is 0.392 e. The normalized spacial score (nSPS) is 18.4. The van der Waals surface area contributed by atoms with Crippen LogP contribution in [0.3, 0.4) is 0 Å². The quantitative estimate of drug-likeness (QED) is 0.500. The Morgan fingerprint density at radius 3 is 2.53 bits per heavy atom. The van der Waals surface area contributed by atoms with Crippen molar-refractivity contribution in [3.05, 3.63) is 81.7 Å². The molecular formula is C25H27F2N5O4. The molecular weight excluding hydrogens is 472 g/mol. The molecule has 1 fully saturated rings. The van der Waals surface area contributed by atoms with Crippen molar-refractivity contribution in [2.24, 2.45) is 7.05 Å². The summed E-state index contributed by atoms with van der Waals surface area (Å²) in [5.41, 5.74) is 1.38. The van der Waals surface area contributed by atoms with Crippen LogP contribution in [0.5, 0.6) is 0 Å². The standard InChI is InChI=1S/C25H27F2N5O4/c1-14(2)17-9-10-18(28-23(17)27)22(15-7-5-4-6-8-15)29-24(34)19-11-16(26)13-32(19)21(33)12-20-30-31(3)25(35)36-20/h4-10,14,16,19,22H,11-13H2,1-3H3,(H,29,34). The van der Waals surface area contributed by atoms with Crippen LogP contribution in [0.4, 0.5) is 8.78 Å². The Bertz CT molecular complexity index is 1310. The number of nitrogens with one attached hydrogen (secondary N) is 1. The van der Waals surface area contributed by atoms with Crippen molar-refractivity contribution in [3.8, 4) is 0 Å². The zero-order chi connectivity index (χ0) is 26.0. The summed E-state index contributed by atoms with van der Waals surface area (Å²) in [5.74, 6) is -2.75. The summed E-state index contributed by atoms with van der Waals surface area (Å²) in [4.78, 5) is 42.9. The predicted octanol–water partition coefficient (Wildman–Crippen LogP) is 2.42. The molecule has 3 unspecified atom stereocenters. The maximum atomic E-state index is 14.7. The van der Waals surface area contributed by atoms with Crippen molar-refractivity contribution in [2.75, 3.05) is 6.54 Å². The van der Waals surface area contributed by atoms with Crippen LogP contribution in [-0.4, -0.2) is 50.2 Å². The third-order valence-corrected chi connectivity index (χ3v) is 6.14. The Hall–Kier alpha value is -3.89. The number of rotatable bonds is 7. The lowest BCUT2D eigenvalue weighted by molar-refractivity contribution is -0.138. The largest absolute Gasteiger partial charge is 0.436 e. The molecule has 0 radical (unpaired) electrons. The van der Waals surface area contributed by atoms with E-state index in [0.717, 1.165) is 9.58 Å². The van der Waals surface area contributed by atoms with Gasteiger partial charge in [0.2, 0.25) is 23.7 Å². The zero-order valence-corrected chi connectivity index (χ0v) is 20.1. The highest BCUT2D eigenvalue weighted by Crippen LogP contribution is 2.27. The molecule has 36 heavy (non-hydrogen) atoms. The molecule has 2 aromatic heterocycles. The van der Waals surface area contributed by atoms with Crippen molar-refractivity contribution in [1.82, 2.24) is 25.0 Å². The summed E-state index contributed by atoms with van der Waals surface area (Å²) >= 11 is 0. The number of aryl methyl sites for hydroxylation is 1. The van der Waals surface area contributed by atoms with E-state index in [4.69, 9.17) is 4.42 Å². The maximum Gasteiger partial charge on any atom is 0.436 e. The highest BCUT2D eigenvalue weighted by Gasteiger charge is 2.41. The molecule has 3 heterocycles. The molecule has 0 aliphatic carbocycles. The van der Waals surface area contributed by atoms with Gasteiger partial charge in [-0.1, -0.05) is 50.2 Å². The topological polar surface area (TPSA) is 110 Å².